The second-order valence-corrected chi connectivity index (χ2v) is 6.94. The number of hydrogen-bond donors (Lipinski definition) is 0. The number of benzene rings is 3. The van der Waals surface area contributed by atoms with Crippen molar-refractivity contribution in [2.75, 3.05) is 0 Å². The summed E-state index contributed by atoms with van der Waals surface area (Å²) in [6.45, 7) is 0. The highest BCUT2D eigenvalue weighted by atomic mass is 14.9. The summed E-state index contributed by atoms with van der Waals surface area (Å²) in [5.74, 6) is 0. The summed E-state index contributed by atoms with van der Waals surface area (Å²) < 4.78 is 2.46. The number of rotatable bonds is 1. The van der Waals surface area contributed by atoms with Gasteiger partial charge in [0.1, 0.15) is 0 Å². The molecule has 0 aliphatic heterocycles. The van der Waals surface area contributed by atoms with Crippen molar-refractivity contribution in [2.24, 2.45) is 0 Å². The number of para-hydroxylation sites is 2. The largest absolute Gasteiger partial charge is 0.308 e. The van der Waals surface area contributed by atoms with Crippen LogP contribution in [0.2, 0.25) is 0 Å². The Balaban J connectivity index is 1.81. The van der Waals surface area contributed by atoms with E-state index in [-0.39, 0.29) is 0 Å². The molecule has 0 radical (unpaired) electrons. The Bertz CT molecular complexity index is 1330. The predicted octanol–water partition coefficient (Wildman–Crippen LogP) is 6.57. The summed E-state index contributed by atoms with van der Waals surface area (Å²) in [6.07, 6.45) is 8.96. The first kappa shape index (κ1) is 13.3. The zero-order valence-corrected chi connectivity index (χ0v) is 13.9. The van der Waals surface area contributed by atoms with E-state index >= 15 is 0 Å². The molecule has 0 amide bonds. The lowest BCUT2D eigenvalue weighted by Crippen LogP contribution is -1.89. The van der Waals surface area contributed by atoms with Gasteiger partial charge < -0.3 is 4.40 Å². The van der Waals surface area contributed by atoms with Gasteiger partial charge in [-0.3, -0.25) is 0 Å². The number of nitrogens with zero attached hydrogens (tertiary/aromatic N) is 1. The van der Waals surface area contributed by atoms with Crippen LogP contribution in [0, 0.1) is 0 Å². The molecule has 118 valence electrons. The first-order valence-corrected chi connectivity index (χ1v) is 8.95. The van der Waals surface area contributed by atoms with Crippen LogP contribution in [0.5, 0.6) is 0 Å². The lowest BCUT2D eigenvalue weighted by atomic mass is 9.96. The lowest BCUT2D eigenvalue weighted by Gasteiger charge is -2.09. The van der Waals surface area contributed by atoms with Crippen LogP contribution in [0.4, 0.5) is 0 Å². The molecular formula is C24H17N. The van der Waals surface area contributed by atoms with E-state index in [1.165, 1.54) is 49.2 Å². The van der Waals surface area contributed by atoms with E-state index in [1.54, 1.807) is 0 Å². The third-order valence-corrected chi connectivity index (χ3v) is 5.61. The highest BCUT2D eigenvalue weighted by Gasteiger charge is 2.17. The predicted molar refractivity (Wildman–Crippen MR) is 107 cm³/mol. The maximum absolute atomic E-state index is 2.46. The highest BCUT2D eigenvalue weighted by Crippen LogP contribution is 2.39. The zero-order valence-electron chi connectivity index (χ0n) is 13.9. The van der Waals surface area contributed by atoms with Crippen molar-refractivity contribution in [3.05, 3.63) is 84.5 Å². The van der Waals surface area contributed by atoms with Gasteiger partial charge in [-0.05, 0) is 36.1 Å². The van der Waals surface area contributed by atoms with E-state index in [0.717, 1.165) is 12.8 Å². The molecule has 1 aliphatic carbocycles. The van der Waals surface area contributed by atoms with Crippen LogP contribution in [-0.2, 0) is 0 Å². The summed E-state index contributed by atoms with van der Waals surface area (Å²) >= 11 is 0. The standard InChI is InChI=1S/C24H17N/c1-2-7-16(8-3-1)17-13-14-19-21-11-6-10-20-18-9-4-5-12-22(18)25(24(20)21)23(19)15-17/h1-2,4-7,9-15H,3,8H2. The minimum atomic E-state index is 1.13. The lowest BCUT2D eigenvalue weighted by molar-refractivity contribution is 1.05. The van der Waals surface area contributed by atoms with Crippen molar-refractivity contribution in [3.63, 3.8) is 0 Å². The van der Waals surface area contributed by atoms with Gasteiger partial charge in [-0.15, -0.1) is 0 Å². The SMILES string of the molecule is C1=CCCC(c2ccc3c4cccc5c6ccccc6n(c3c2)c54)=C1. The Kier molecular flexibility index (Phi) is 2.51. The maximum Gasteiger partial charge on any atom is 0.0620 e. The fourth-order valence-electron chi connectivity index (χ4n) is 4.47. The van der Waals surface area contributed by atoms with Gasteiger partial charge in [0.2, 0.25) is 0 Å². The molecule has 1 heteroatoms. The normalized spacial score (nSPS) is 15.0. The van der Waals surface area contributed by atoms with Gasteiger partial charge in [0.15, 0.2) is 0 Å². The van der Waals surface area contributed by atoms with Crippen molar-refractivity contribution in [3.8, 4) is 0 Å². The van der Waals surface area contributed by atoms with Gasteiger partial charge in [-0.1, -0.05) is 66.8 Å². The van der Waals surface area contributed by atoms with E-state index in [1.807, 2.05) is 0 Å². The van der Waals surface area contributed by atoms with E-state index in [2.05, 4.69) is 83.3 Å². The molecule has 0 saturated heterocycles. The van der Waals surface area contributed by atoms with Crippen LogP contribution in [0.15, 0.2) is 78.9 Å². The van der Waals surface area contributed by atoms with Crippen LogP contribution in [-0.4, -0.2) is 4.40 Å². The van der Waals surface area contributed by atoms with Crippen molar-refractivity contribution in [1.29, 1.82) is 0 Å². The first-order valence-electron chi connectivity index (χ1n) is 8.95. The van der Waals surface area contributed by atoms with E-state index in [4.69, 9.17) is 0 Å². The second-order valence-electron chi connectivity index (χ2n) is 6.94. The molecule has 0 fully saturated rings. The van der Waals surface area contributed by atoms with Crippen molar-refractivity contribution in [2.45, 2.75) is 12.8 Å². The minimum absolute atomic E-state index is 1.13. The molecule has 1 nitrogen and oxygen atoms in total. The number of hydrogen-bond acceptors (Lipinski definition) is 0. The number of fused-ring (bicyclic) bond motifs is 6. The molecule has 3 aromatic carbocycles. The highest BCUT2D eigenvalue weighted by molar-refractivity contribution is 6.23. The minimum Gasteiger partial charge on any atom is -0.308 e. The molecule has 1 aliphatic rings. The van der Waals surface area contributed by atoms with Crippen LogP contribution in [0.3, 0.4) is 0 Å². The zero-order chi connectivity index (χ0) is 16.4. The number of allylic oxidation sites excluding steroid dienone is 4. The average molecular weight is 319 g/mol. The summed E-state index contributed by atoms with van der Waals surface area (Å²) in [7, 11) is 0. The maximum atomic E-state index is 2.46. The van der Waals surface area contributed by atoms with Gasteiger partial charge in [0.25, 0.3) is 0 Å². The van der Waals surface area contributed by atoms with Crippen LogP contribution < -0.4 is 0 Å². The molecule has 0 saturated carbocycles. The fourth-order valence-corrected chi connectivity index (χ4v) is 4.47. The Hall–Kier alpha value is -3.06. The van der Waals surface area contributed by atoms with Crippen LogP contribution in [0.1, 0.15) is 18.4 Å². The smallest absolute Gasteiger partial charge is 0.0620 e. The summed E-state index contributed by atoms with van der Waals surface area (Å²) in [6, 6.07) is 22.4. The van der Waals surface area contributed by atoms with Crippen molar-refractivity contribution >= 4 is 43.7 Å². The number of aromatic nitrogens is 1. The molecule has 0 atom stereocenters. The van der Waals surface area contributed by atoms with E-state index in [9.17, 15) is 0 Å². The first-order chi connectivity index (χ1) is 12.4. The molecule has 0 N–H and O–H groups in total. The van der Waals surface area contributed by atoms with Gasteiger partial charge in [-0.25, -0.2) is 0 Å². The van der Waals surface area contributed by atoms with Crippen LogP contribution in [0.25, 0.3) is 43.7 Å². The Labute approximate surface area is 145 Å². The van der Waals surface area contributed by atoms with Crippen LogP contribution >= 0.6 is 0 Å². The van der Waals surface area contributed by atoms with Gasteiger partial charge in [0, 0.05) is 21.5 Å². The third-order valence-electron chi connectivity index (χ3n) is 5.61. The molecule has 0 bridgehead atoms. The Morgan fingerprint density at radius 3 is 2.36 bits per heavy atom. The molecule has 2 heterocycles. The summed E-state index contributed by atoms with van der Waals surface area (Å²) in [4.78, 5) is 0. The van der Waals surface area contributed by atoms with Gasteiger partial charge >= 0.3 is 0 Å². The summed E-state index contributed by atoms with van der Waals surface area (Å²) in [5, 5.41) is 5.40. The van der Waals surface area contributed by atoms with E-state index in [0.29, 0.717) is 0 Å². The molecular weight excluding hydrogens is 302 g/mol. The monoisotopic (exact) mass is 319 g/mol. The fraction of sp³-hybridized carbons (Fsp3) is 0.0833. The molecule has 2 aromatic heterocycles. The third kappa shape index (κ3) is 1.68. The molecule has 6 rings (SSSR count). The topological polar surface area (TPSA) is 4.41 Å². The molecule has 5 aromatic rings. The Morgan fingerprint density at radius 1 is 0.720 bits per heavy atom. The second kappa shape index (κ2) is 4.73. The molecule has 25 heavy (non-hydrogen) atoms. The quantitative estimate of drug-likeness (QED) is 0.329. The summed E-state index contributed by atoms with van der Waals surface area (Å²) in [5.41, 5.74) is 6.77. The van der Waals surface area contributed by atoms with Crippen molar-refractivity contribution in [1.82, 2.24) is 4.40 Å². The Morgan fingerprint density at radius 2 is 1.52 bits per heavy atom. The molecule has 0 spiro atoms. The van der Waals surface area contributed by atoms with Crippen molar-refractivity contribution < 1.29 is 0 Å². The van der Waals surface area contributed by atoms with E-state index < -0.39 is 0 Å². The van der Waals surface area contributed by atoms with Gasteiger partial charge in [-0.2, -0.15) is 0 Å². The molecule has 0 unspecified atom stereocenters. The average Bonchev–Trinajstić information content (AvgIpc) is 3.20. The van der Waals surface area contributed by atoms with Gasteiger partial charge in [0.05, 0.1) is 16.6 Å².